The summed E-state index contributed by atoms with van der Waals surface area (Å²) in [5, 5.41) is 2.86. The van der Waals surface area contributed by atoms with Crippen LogP contribution in [0.2, 0.25) is 0 Å². The van der Waals surface area contributed by atoms with Gasteiger partial charge in [0.2, 0.25) is 5.91 Å². The molecule has 1 heterocycles. The van der Waals surface area contributed by atoms with Crippen LogP contribution in [0.5, 0.6) is 5.75 Å². The fourth-order valence-electron chi connectivity index (χ4n) is 3.65. The van der Waals surface area contributed by atoms with E-state index >= 15 is 0 Å². The van der Waals surface area contributed by atoms with Gasteiger partial charge in [-0.3, -0.25) is 9.10 Å². The summed E-state index contributed by atoms with van der Waals surface area (Å²) < 4.78 is 35.8. The number of benzene rings is 3. The highest BCUT2D eigenvalue weighted by Crippen LogP contribution is 2.32. The third kappa shape index (κ3) is 5.52. The number of rotatable bonds is 10. The Morgan fingerprint density at radius 1 is 1.00 bits per heavy atom. The molecule has 0 bridgehead atoms. The number of ether oxygens (including phenoxy) is 1. The van der Waals surface area contributed by atoms with E-state index in [9.17, 15) is 13.2 Å². The monoisotopic (exact) mass is 490 g/mol. The Balaban J connectivity index is 1.61. The van der Waals surface area contributed by atoms with E-state index in [1.165, 1.54) is 12.1 Å². The maximum Gasteiger partial charge on any atom is 0.264 e. The molecule has 0 fully saturated rings. The molecule has 9 heteroatoms. The number of imidazole rings is 1. The van der Waals surface area contributed by atoms with Gasteiger partial charge in [-0.15, -0.1) is 0 Å². The number of aromatic nitrogens is 2. The maximum atomic E-state index is 13.6. The molecule has 0 aliphatic carbocycles. The Hall–Kier alpha value is -4.11. The van der Waals surface area contributed by atoms with Crippen molar-refractivity contribution in [1.82, 2.24) is 14.9 Å². The zero-order valence-electron chi connectivity index (χ0n) is 19.2. The van der Waals surface area contributed by atoms with Crippen LogP contribution in [0, 0.1) is 0 Å². The predicted molar refractivity (Wildman–Crippen MR) is 134 cm³/mol. The second kappa shape index (κ2) is 10.9. The van der Waals surface area contributed by atoms with Gasteiger partial charge in [-0.1, -0.05) is 48.5 Å². The Morgan fingerprint density at radius 2 is 1.71 bits per heavy atom. The Morgan fingerprint density at radius 3 is 2.46 bits per heavy atom. The molecule has 0 aliphatic rings. The molecule has 35 heavy (non-hydrogen) atoms. The molecule has 1 amide bonds. The number of sulfonamides is 1. The van der Waals surface area contributed by atoms with Crippen molar-refractivity contribution in [2.75, 3.05) is 17.5 Å². The number of nitrogens with one attached hydrogen (secondary N) is 1. The highest BCUT2D eigenvalue weighted by atomic mass is 32.2. The summed E-state index contributed by atoms with van der Waals surface area (Å²) in [7, 11) is -4.04. The van der Waals surface area contributed by atoms with E-state index in [0.29, 0.717) is 18.0 Å². The minimum absolute atomic E-state index is 0.0876. The fraction of sp³-hybridized carbons (Fsp3) is 0.154. The number of amides is 1. The van der Waals surface area contributed by atoms with Gasteiger partial charge < -0.3 is 14.6 Å². The van der Waals surface area contributed by atoms with Gasteiger partial charge >= 0.3 is 0 Å². The van der Waals surface area contributed by atoms with Crippen molar-refractivity contribution in [1.29, 1.82) is 0 Å². The largest absolute Gasteiger partial charge is 0.492 e. The molecule has 180 valence electrons. The van der Waals surface area contributed by atoms with E-state index < -0.39 is 22.5 Å². The van der Waals surface area contributed by atoms with Crippen LogP contribution < -0.4 is 14.4 Å². The van der Waals surface area contributed by atoms with Crippen LogP contribution in [-0.2, 0) is 21.4 Å². The molecule has 0 aliphatic heterocycles. The molecule has 4 aromatic rings. The molecule has 0 radical (unpaired) electrons. The van der Waals surface area contributed by atoms with E-state index in [2.05, 4.69) is 10.3 Å². The van der Waals surface area contributed by atoms with Gasteiger partial charge in [-0.05, 0) is 42.8 Å². The first-order chi connectivity index (χ1) is 17.0. The number of anilines is 1. The Bertz CT molecular complexity index is 1370. The van der Waals surface area contributed by atoms with Crippen molar-refractivity contribution in [3.8, 4) is 11.4 Å². The van der Waals surface area contributed by atoms with Gasteiger partial charge in [0.15, 0.2) is 0 Å². The van der Waals surface area contributed by atoms with Crippen molar-refractivity contribution in [3.63, 3.8) is 0 Å². The van der Waals surface area contributed by atoms with E-state index in [-0.39, 0.29) is 11.4 Å². The topological polar surface area (TPSA) is 93.5 Å². The van der Waals surface area contributed by atoms with Crippen LogP contribution in [0.1, 0.15) is 12.5 Å². The summed E-state index contributed by atoms with van der Waals surface area (Å²) >= 11 is 0. The minimum atomic E-state index is -4.04. The summed E-state index contributed by atoms with van der Waals surface area (Å²) in [6.45, 7) is 1.98. The molecular formula is C26H26N4O4S. The molecule has 1 N–H and O–H groups in total. The first-order valence-corrected chi connectivity index (χ1v) is 12.6. The van der Waals surface area contributed by atoms with Crippen LogP contribution in [0.15, 0.2) is 102 Å². The van der Waals surface area contributed by atoms with Crippen molar-refractivity contribution >= 4 is 21.6 Å². The quantitative estimate of drug-likeness (QED) is 0.365. The number of carbonyl (C=O) groups excluding carboxylic acids is 1. The lowest BCUT2D eigenvalue weighted by Crippen LogP contribution is -2.41. The molecule has 0 saturated heterocycles. The lowest BCUT2D eigenvalue weighted by molar-refractivity contribution is -0.119. The van der Waals surface area contributed by atoms with Gasteiger partial charge in [0.25, 0.3) is 10.0 Å². The van der Waals surface area contributed by atoms with Gasteiger partial charge in [0.1, 0.15) is 12.3 Å². The van der Waals surface area contributed by atoms with Gasteiger partial charge in [-0.25, -0.2) is 13.4 Å². The van der Waals surface area contributed by atoms with Gasteiger partial charge in [0.05, 0.1) is 29.2 Å². The lowest BCUT2D eigenvalue weighted by Gasteiger charge is -2.26. The Labute approximate surface area is 204 Å². The van der Waals surface area contributed by atoms with Crippen molar-refractivity contribution in [2.24, 2.45) is 0 Å². The van der Waals surface area contributed by atoms with E-state index in [4.69, 9.17) is 4.74 Å². The van der Waals surface area contributed by atoms with Gasteiger partial charge in [0, 0.05) is 18.9 Å². The van der Waals surface area contributed by atoms with E-state index in [0.717, 1.165) is 15.6 Å². The summed E-state index contributed by atoms with van der Waals surface area (Å²) in [5.74, 6) is -0.0657. The summed E-state index contributed by atoms with van der Waals surface area (Å²) in [6.07, 6.45) is 5.18. The molecule has 4 rings (SSSR count). The number of carbonyl (C=O) groups is 1. The second-order valence-electron chi connectivity index (χ2n) is 7.60. The standard InChI is InChI=1S/C26H26N4O4S/c1-2-34-25-15-9-8-14-24(25)30(35(32,33)22-11-4-3-5-12-22)19-26(31)28-18-21-10-6-7-13-23(21)29-17-16-27-20-29/h3-17,20H,2,18-19H2,1H3,(H,28,31). The average Bonchev–Trinajstić information content (AvgIpc) is 3.42. The van der Waals surface area contributed by atoms with Crippen LogP contribution >= 0.6 is 0 Å². The minimum Gasteiger partial charge on any atom is -0.492 e. The van der Waals surface area contributed by atoms with Crippen molar-refractivity contribution < 1.29 is 17.9 Å². The number of hydrogen-bond donors (Lipinski definition) is 1. The van der Waals surface area contributed by atoms with Gasteiger partial charge in [-0.2, -0.15) is 0 Å². The molecule has 0 atom stereocenters. The third-order valence-electron chi connectivity index (χ3n) is 5.30. The molecule has 3 aromatic carbocycles. The summed E-state index contributed by atoms with van der Waals surface area (Å²) in [5.41, 5.74) is 2.04. The van der Waals surface area contributed by atoms with Crippen molar-refractivity contribution in [3.05, 3.63) is 103 Å². The highest BCUT2D eigenvalue weighted by molar-refractivity contribution is 7.92. The van der Waals surface area contributed by atoms with Crippen LogP contribution in [-0.4, -0.2) is 37.0 Å². The molecule has 0 spiro atoms. The zero-order valence-corrected chi connectivity index (χ0v) is 20.1. The van der Waals surface area contributed by atoms with E-state index in [1.54, 1.807) is 55.0 Å². The molecule has 0 unspecified atom stereocenters. The normalized spacial score (nSPS) is 11.1. The average molecular weight is 491 g/mol. The smallest absolute Gasteiger partial charge is 0.264 e. The highest BCUT2D eigenvalue weighted by Gasteiger charge is 2.29. The Kier molecular flexibility index (Phi) is 7.47. The molecular weight excluding hydrogens is 464 g/mol. The first kappa shape index (κ1) is 24.0. The van der Waals surface area contributed by atoms with Crippen molar-refractivity contribution in [2.45, 2.75) is 18.4 Å². The van der Waals surface area contributed by atoms with Crippen LogP contribution in [0.3, 0.4) is 0 Å². The van der Waals surface area contributed by atoms with Crippen LogP contribution in [0.25, 0.3) is 5.69 Å². The number of hydrogen-bond acceptors (Lipinski definition) is 5. The maximum absolute atomic E-state index is 13.6. The lowest BCUT2D eigenvalue weighted by atomic mass is 10.1. The predicted octanol–water partition coefficient (Wildman–Crippen LogP) is 3.78. The summed E-state index contributed by atoms with van der Waals surface area (Å²) in [6, 6.07) is 22.4. The second-order valence-corrected chi connectivity index (χ2v) is 9.46. The third-order valence-corrected chi connectivity index (χ3v) is 7.08. The fourth-order valence-corrected chi connectivity index (χ4v) is 5.11. The molecule has 1 aromatic heterocycles. The number of nitrogens with zero attached hydrogens (tertiary/aromatic N) is 3. The number of para-hydroxylation sites is 3. The first-order valence-electron chi connectivity index (χ1n) is 11.1. The molecule has 8 nitrogen and oxygen atoms in total. The summed E-state index contributed by atoms with van der Waals surface area (Å²) in [4.78, 5) is 17.2. The van der Waals surface area contributed by atoms with Crippen LogP contribution in [0.4, 0.5) is 5.69 Å². The van der Waals surface area contributed by atoms with E-state index in [1.807, 2.05) is 42.0 Å². The zero-order chi connectivity index (χ0) is 24.7. The SMILES string of the molecule is CCOc1ccccc1N(CC(=O)NCc1ccccc1-n1ccnc1)S(=O)(=O)c1ccccc1. The molecule has 0 saturated carbocycles.